The molecular weight excluding hydrogens is 260 g/mol. The number of benzene rings is 1. The van der Waals surface area contributed by atoms with Crippen molar-refractivity contribution in [1.82, 2.24) is 5.32 Å². The van der Waals surface area contributed by atoms with Crippen LogP contribution in [0.25, 0.3) is 0 Å². The Balaban J connectivity index is 1.97. The number of aryl methyl sites for hydroxylation is 1. The van der Waals surface area contributed by atoms with Gasteiger partial charge in [-0.15, -0.1) is 0 Å². The standard InChI is InChI=1S/C16H21F2NO/c1-3-19-16(11-8-10-5-7-13(11)20-10)14-12(17)6-4-9(2)15(14)18/h4,6,10-11,13,16,19H,3,5,7-8H2,1-2H3. The second kappa shape index (κ2) is 5.41. The Kier molecular flexibility index (Phi) is 3.78. The van der Waals surface area contributed by atoms with Crippen LogP contribution in [0.1, 0.15) is 43.4 Å². The van der Waals surface area contributed by atoms with Crippen LogP contribution in [-0.4, -0.2) is 18.8 Å². The van der Waals surface area contributed by atoms with E-state index in [4.69, 9.17) is 4.74 Å². The number of rotatable bonds is 4. The van der Waals surface area contributed by atoms with Crippen molar-refractivity contribution in [2.75, 3.05) is 6.54 Å². The molecule has 0 aromatic heterocycles. The van der Waals surface area contributed by atoms with Gasteiger partial charge in [-0.05, 0) is 44.4 Å². The van der Waals surface area contributed by atoms with Gasteiger partial charge in [0.15, 0.2) is 0 Å². The largest absolute Gasteiger partial charge is 0.375 e. The Labute approximate surface area is 118 Å². The SMILES string of the molecule is CCNC(c1c(F)ccc(C)c1F)C1CC2CCC1O2. The predicted molar refractivity (Wildman–Crippen MR) is 73.5 cm³/mol. The molecule has 1 N–H and O–H groups in total. The van der Waals surface area contributed by atoms with Crippen molar-refractivity contribution in [2.45, 2.75) is 51.4 Å². The molecule has 4 unspecified atom stereocenters. The quantitative estimate of drug-likeness (QED) is 0.912. The molecule has 2 aliphatic heterocycles. The first-order valence-corrected chi connectivity index (χ1v) is 7.45. The van der Waals surface area contributed by atoms with E-state index >= 15 is 0 Å². The number of hydrogen-bond donors (Lipinski definition) is 1. The van der Waals surface area contributed by atoms with E-state index in [1.165, 1.54) is 12.1 Å². The minimum atomic E-state index is -0.457. The fourth-order valence-electron chi connectivity index (χ4n) is 3.68. The molecule has 1 aromatic carbocycles. The molecule has 2 fully saturated rings. The van der Waals surface area contributed by atoms with Gasteiger partial charge in [0.25, 0.3) is 0 Å². The smallest absolute Gasteiger partial charge is 0.133 e. The number of ether oxygens (including phenoxy) is 1. The Morgan fingerprint density at radius 1 is 1.35 bits per heavy atom. The summed E-state index contributed by atoms with van der Waals surface area (Å²) in [4.78, 5) is 0. The maximum atomic E-state index is 14.4. The molecule has 3 rings (SSSR count). The van der Waals surface area contributed by atoms with E-state index in [1.807, 2.05) is 6.92 Å². The monoisotopic (exact) mass is 281 g/mol. The minimum absolute atomic E-state index is 0.142. The summed E-state index contributed by atoms with van der Waals surface area (Å²) >= 11 is 0. The van der Waals surface area contributed by atoms with Gasteiger partial charge in [0.1, 0.15) is 11.6 Å². The maximum Gasteiger partial charge on any atom is 0.133 e. The molecule has 0 radical (unpaired) electrons. The fraction of sp³-hybridized carbons (Fsp3) is 0.625. The zero-order valence-electron chi connectivity index (χ0n) is 12.0. The van der Waals surface area contributed by atoms with E-state index < -0.39 is 11.6 Å². The van der Waals surface area contributed by atoms with Gasteiger partial charge in [-0.2, -0.15) is 0 Å². The van der Waals surface area contributed by atoms with E-state index in [0.29, 0.717) is 12.1 Å². The average Bonchev–Trinajstić information content (AvgIpc) is 3.05. The van der Waals surface area contributed by atoms with E-state index in [9.17, 15) is 8.78 Å². The van der Waals surface area contributed by atoms with Gasteiger partial charge in [0.05, 0.1) is 12.2 Å². The Bertz CT molecular complexity index is 505. The summed E-state index contributed by atoms with van der Waals surface area (Å²) in [6.07, 6.45) is 3.41. The van der Waals surface area contributed by atoms with Crippen molar-refractivity contribution in [3.8, 4) is 0 Å². The van der Waals surface area contributed by atoms with Crippen LogP contribution in [0.2, 0.25) is 0 Å². The third kappa shape index (κ3) is 2.25. The number of hydrogen-bond acceptors (Lipinski definition) is 2. The molecule has 1 aromatic rings. The van der Waals surface area contributed by atoms with Crippen molar-refractivity contribution in [1.29, 1.82) is 0 Å². The summed E-state index contributed by atoms with van der Waals surface area (Å²) in [7, 11) is 0. The van der Waals surface area contributed by atoms with Crippen LogP contribution < -0.4 is 5.32 Å². The van der Waals surface area contributed by atoms with Crippen LogP contribution in [-0.2, 0) is 4.74 Å². The Hall–Kier alpha value is -1.00. The van der Waals surface area contributed by atoms with Crippen molar-refractivity contribution in [3.05, 3.63) is 34.9 Å². The van der Waals surface area contributed by atoms with Gasteiger partial charge >= 0.3 is 0 Å². The van der Waals surface area contributed by atoms with Crippen molar-refractivity contribution >= 4 is 0 Å². The molecule has 0 spiro atoms. The van der Waals surface area contributed by atoms with Crippen LogP contribution in [0.4, 0.5) is 8.78 Å². The van der Waals surface area contributed by atoms with E-state index in [-0.39, 0.29) is 29.7 Å². The highest BCUT2D eigenvalue weighted by Gasteiger charge is 2.45. The molecule has 4 atom stereocenters. The lowest BCUT2D eigenvalue weighted by Gasteiger charge is -2.30. The van der Waals surface area contributed by atoms with Gasteiger partial charge in [0.2, 0.25) is 0 Å². The molecule has 2 nitrogen and oxygen atoms in total. The summed E-state index contributed by atoms with van der Waals surface area (Å²) in [5.74, 6) is -0.708. The van der Waals surface area contributed by atoms with Crippen LogP contribution in [0.3, 0.4) is 0 Å². The first kappa shape index (κ1) is 14.0. The lowest BCUT2D eigenvalue weighted by atomic mass is 9.80. The highest BCUT2D eigenvalue weighted by molar-refractivity contribution is 5.30. The number of fused-ring (bicyclic) bond motifs is 2. The summed E-state index contributed by atoms with van der Waals surface area (Å²) in [5.41, 5.74) is 0.682. The molecule has 0 aliphatic carbocycles. The zero-order chi connectivity index (χ0) is 14.3. The second-order valence-corrected chi connectivity index (χ2v) is 5.90. The third-order valence-electron chi connectivity index (χ3n) is 4.64. The molecule has 4 heteroatoms. The normalized spacial score (nSPS) is 29.9. The lowest BCUT2D eigenvalue weighted by molar-refractivity contribution is 0.0852. The van der Waals surface area contributed by atoms with Gasteiger partial charge in [-0.25, -0.2) is 8.78 Å². The van der Waals surface area contributed by atoms with E-state index in [1.54, 1.807) is 6.92 Å². The molecule has 110 valence electrons. The van der Waals surface area contributed by atoms with E-state index in [2.05, 4.69) is 5.32 Å². The van der Waals surface area contributed by atoms with Crippen molar-refractivity contribution < 1.29 is 13.5 Å². The third-order valence-corrected chi connectivity index (χ3v) is 4.64. The Morgan fingerprint density at radius 3 is 2.75 bits per heavy atom. The van der Waals surface area contributed by atoms with Gasteiger partial charge < -0.3 is 10.1 Å². The molecular formula is C16H21F2NO. The molecule has 0 amide bonds. The van der Waals surface area contributed by atoms with Crippen LogP contribution in [0, 0.1) is 24.5 Å². The number of halogens is 2. The molecule has 2 bridgehead atoms. The van der Waals surface area contributed by atoms with Crippen LogP contribution >= 0.6 is 0 Å². The summed E-state index contributed by atoms with van der Waals surface area (Å²) < 4.78 is 34.4. The summed E-state index contributed by atoms with van der Waals surface area (Å²) in [6.45, 7) is 4.33. The minimum Gasteiger partial charge on any atom is -0.375 e. The molecule has 2 aliphatic rings. The lowest BCUT2D eigenvalue weighted by Crippen LogP contribution is -2.35. The van der Waals surface area contributed by atoms with Gasteiger partial charge in [-0.1, -0.05) is 13.0 Å². The van der Waals surface area contributed by atoms with Crippen LogP contribution in [0.15, 0.2) is 12.1 Å². The van der Waals surface area contributed by atoms with Crippen molar-refractivity contribution in [3.63, 3.8) is 0 Å². The zero-order valence-corrected chi connectivity index (χ0v) is 12.0. The highest BCUT2D eigenvalue weighted by Crippen LogP contribution is 2.45. The topological polar surface area (TPSA) is 21.3 Å². The van der Waals surface area contributed by atoms with Crippen molar-refractivity contribution in [2.24, 2.45) is 5.92 Å². The average molecular weight is 281 g/mol. The first-order valence-electron chi connectivity index (χ1n) is 7.45. The second-order valence-electron chi connectivity index (χ2n) is 5.90. The number of nitrogens with one attached hydrogen (secondary N) is 1. The maximum absolute atomic E-state index is 14.4. The highest BCUT2D eigenvalue weighted by atomic mass is 19.1. The van der Waals surface area contributed by atoms with Gasteiger partial charge in [0, 0.05) is 17.5 Å². The summed E-state index contributed by atoms with van der Waals surface area (Å²) in [5, 5.41) is 3.27. The fourth-order valence-corrected chi connectivity index (χ4v) is 3.68. The Morgan fingerprint density at radius 2 is 2.15 bits per heavy atom. The van der Waals surface area contributed by atoms with Crippen LogP contribution in [0.5, 0.6) is 0 Å². The molecule has 20 heavy (non-hydrogen) atoms. The predicted octanol–water partition coefficient (Wildman–Crippen LogP) is 3.49. The van der Waals surface area contributed by atoms with Gasteiger partial charge in [-0.3, -0.25) is 0 Å². The molecule has 2 saturated heterocycles. The first-order chi connectivity index (χ1) is 9.61. The summed E-state index contributed by atoms with van der Waals surface area (Å²) in [6, 6.07) is 2.57. The molecule has 2 heterocycles. The van der Waals surface area contributed by atoms with E-state index in [0.717, 1.165) is 19.3 Å². The molecule has 0 saturated carbocycles.